The number of hydrogen-bond acceptors (Lipinski definition) is 2. The Morgan fingerprint density at radius 2 is 1.95 bits per heavy atom. The summed E-state index contributed by atoms with van der Waals surface area (Å²) in [4.78, 5) is 7.84. The third-order valence-corrected chi connectivity index (χ3v) is 4.66. The minimum Gasteiger partial charge on any atom is -0.333 e. The van der Waals surface area contributed by atoms with Crippen LogP contribution < -0.4 is 0 Å². The van der Waals surface area contributed by atoms with Gasteiger partial charge in [-0.1, -0.05) is 53.2 Å². The van der Waals surface area contributed by atoms with E-state index in [1.807, 2.05) is 42.5 Å². The summed E-state index contributed by atoms with van der Waals surface area (Å²) in [5, 5.41) is 2.58. The van der Waals surface area contributed by atoms with Crippen LogP contribution >= 0.6 is 35.0 Å². The average Bonchev–Trinajstić information content (AvgIpc) is 2.80. The molecule has 2 aromatic carbocycles. The zero-order chi connectivity index (χ0) is 14.1. The maximum absolute atomic E-state index is 6.22. The largest absolute Gasteiger partial charge is 0.333 e. The van der Waals surface area contributed by atoms with E-state index < -0.39 is 0 Å². The number of benzene rings is 2. The first-order valence-electron chi connectivity index (χ1n) is 6.20. The molecule has 3 aromatic rings. The second-order valence-electron chi connectivity index (χ2n) is 4.49. The molecule has 0 spiro atoms. The van der Waals surface area contributed by atoms with Gasteiger partial charge in [-0.2, -0.15) is 0 Å². The quantitative estimate of drug-likeness (QED) is 0.624. The van der Waals surface area contributed by atoms with Gasteiger partial charge in [0.25, 0.3) is 0 Å². The Balaban J connectivity index is 1.87. The summed E-state index contributed by atoms with van der Waals surface area (Å²) >= 11 is 13.8. The normalized spacial score (nSPS) is 12.8. The first-order valence-corrected chi connectivity index (χ1v) is 7.83. The van der Waals surface area contributed by atoms with Crippen LogP contribution in [-0.2, 0) is 0 Å². The van der Waals surface area contributed by atoms with E-state index in [1.165, 1.54) is 0 Å². The molecule has 0 bridgehead atoms. The summed E-state index contributed by atoms with van der Waals surface area (Å²) in [5.74, 6) is 0. The zero-order valence-electron chi connectivity index (χ0n) is 10.7. The molecule has 2 nitrogen and oxygen atoms in total. The van der Waals surface area contributed by atoms with Crippen LogP contribution in [0.3, 0.4) is 0 Å². The lowest BCUT2D eigenvalue weighted by Gasteiger charge is -2.11. The van der Waals surface area contributed by atoms with Crippen LogP contribution in [0.2, 0.25) is 10.0 Å². The van der Waals surface area contributed by atoms with Gasteiger partial charge in [-0.15, -0.1) is 0 Å². The minimum atomic E-state index is 0.222. The molecule has 5 heteroatoms. The van der Waals surface area contributed by atoms with Gasteiger partial charge >= 0.3 is 0 Å². The number of halogens is 2. The second-order valence-corrected chi connectivity index (χ2v) is 6.66. The monoisotopic (exact) mass is 322 g/mol. The first kappa shape index (κ1) is 13.8. The number of nitrogens with zero attached hydrogens (tertiary/aromatic N) is 1. The molecule has 0 amide bonds. The fraction of sp³-hybridized carbons (Fsp3) is 0.133. The van der Waals surface area contributed by atoms with Gasteiger partial charge in [-0.3, -0.25) is 0 Å². The van der Waals surface area contributed by atoms with Crippen molar-refractivity contribution >= 4 is 46.0 Å². The summed E-state index contributed by atoms with van der Waals surface area (Å²) in [6, 6.07) is 13.5. The molecule has 1 heterocycles. The number of aromatic amines is 1. The number of H-pyrrole nitrogens is 1. The van der Waals surface area contributed by atoms with E-state index >= 15 is 0 Å². The van der Waals surface area contributed by atoms with Crippen molar-refractivity contribution in [2.75, 3.05) is 0 Å². The Morgan fingerprint density at radius 3 is 2.75 bits per heavy atom. The first-order chi connectivity index (χ1) is 9.63. The summed E-state index contributed by atoms with van der Waals surface area (Å²) in [7, 11) is 0. The van der Waals surface area contributed by atoms with Crippen LogP contribution in [0.25, 0.3) is 11.0 Å². The van der Waals surface area contributed by atoms with Crippen molar-refractivity contribution in [3.8, 4) is 0 Å². The molecule has 1 N–H and O–H groups in total. The minimum absolute atomic E-state index is 0.222. The Morgan fingerprint density at radius 1 is 1.15 bits per heavy atom. The van der Waals surface area contributed by atoms with Crippen molar-refractivity contribution in [2.45, 2.75) is 17.3 Å². The van der Waals surface area contributed by atoms with Crippen LogP contribution in [0.1, 0.15) is 17.7 Å². The van der Waals surface area contributed by atoms with Crippen molar-refractivity contribution < 1.29 is 0 Å². The number of nitrogens with one attached hydrogen (secondary N) is 1. The molecule has 0 aliphatic carbocycles. The molecule has 1 atom stereocenters. The SMILES string of the molecule is C[C@H](Sc1nc2ccc(Cl)cc2[nH]1)c1ccccc1Cl. The van der Waals surface area contributed by atoms with Crippen LogP contribution in [0, 0.1) is 0 Å². The van der Waals surface area contributed by atoms with Crippen molar-refractivity contribution in [1.29, 1.82) is 0 Å². The van der Waals surface area contributed by atoms with Gasteiger partial charge in [0.1, 0.15) is 0 Å². The van der Waals surface area contributed by atoms with Gasteiger partial charge in [0.05, 0.1) is 11.0 Å². The topological polar surface area (TPSA) is 28.7 Å². The van der Waals surface area contributed by atoms with E-state index in [4.69, 9.17) is 23.2 Å². The maximum atomic E-state index is 6.22. The molecular formula is C15H12Cl2N2S. The fourth-order valence-corrected chi connectivity index (χ4v) is 3.57. The lowest BCUT2D eigenvalue weighted by Crippen LogP contribution is -1.90. The van der Waals surface area contributed by atoms with E-state index in [0.29, 0.717) is 5.02 Å². The molecule has 0 unspecified atom stereocenters. The molecule has 0 aliphatic heterocycles. The molecule has 0 radical (unpaired) electrons. The average molecular weight is 323 g/mol. The summed E-state index contributed by atoms with van der Waals surface area (Å²) in [6.07, 6.45) is 0. The van der Waals surface area contributed by atoms with Crippen LogP contribution in [0.5, 0.6) is 0 Å². The Kier molecular flexibility index (Phi) is 3.92. The van der Waals surface area contributed by atoms with Crippen molar-refractivity contribution in [1.82, 2.24) is 9.97 Å². The zero-order valence-corrected chi connectivity index (χ0v) is 13.1. The number of thioether (sulfide) groups is 1. The molecule has 1 aromatic heterocycles. The van der Waals surface area contributed by atoms with Gasteiger partial charge in [0.15, 0.2) is 5.16 Å². The van der Waals surface area contributed by atoms with Gasteiger partial charge in [-0.25, -0.2) is 4.98 Å². The fourth-order valence-electron chi connectivity index (χ4n) is 2.05. The number of fused-ring (bicyclic) bond motifs is 1. The predicted molar refractivity (Wildman–Crippen MR) is 86.8 cm³/mol. The molecule has 0 saturated heterocycles. The molecule has 0 fully saturated rings. The van der Waals surface area contributed by atoms with Crippen LogP contribution in [0.15, 0.2) is 47.6 Å². The van der Waals surface area contributed by atoms with Gasteiger partial charge in [-0.05, 0) is 36.8 Å². The molecule has 20 heavy (non-hydrogen) atoms. The lowest BCUT2D eigenvalue weighted by molar-refractivity contribution is 1.03. The number of aromatic nitrogens is 2. The van der Waals surface area contributed by atoms with Crippen LogP contribution in [-0.4, -0.2) is 9.97 Å². The molecule has 0 aliphatic rings. The van der Waals surface area contributed by atoms with Crippen LogP contribution in [0.4, 0.5) is 0 Å². The summed E-state index contributed by atoms with van der Waals surface area (Å²) in [5.41, 5.74) is 2.98. The number of imidazole rings is 1. The van der Waals surface area contributed by atoms with Crippen molar-refractivity contribution in [2.24, 2.45) is 0 Å². The number of hydrogen-bond donors (Lipinski definition) is 1. The highest BCUT2D eigenvalue weighted by molar-refractivity contribution is 7.99. The maximum Gasteiger partial charge on any atom is 0.166 e. The summed E-state index contributed by atoms with van der Waals surface area (Å²) in [6.45, 7) is 2.12. The summed E-state index contributed by atoms with van der Waals surface area (Å²) < 4.78 is 0. The van der Waals surface area contributed by atoms with Gasteiger partial charge in [0.2, 0.25) is 0 Å². The van der Waals surface area contributed by atoms with E-state index in [9.17, 15) is 0 Å². The third kappa shape index (κ3) is 2.80. The molecule has 3 rings (SSSR count). The van der Waals surface area contributed by atoms with Crippen molar-refractivity contribution in [3.63, 3.8) is 0 Å². The Hall–Kier alpha value is -1.16. The van der Waals surface area contributed by atoms with Crippen molar-refractivity contribution in [3.05, 3.63) is 58.1 Å². The molecule has 0 saturated carbocycles. The van der Waals surface area contributed by atoms with E-state index in [-0.39, 0.29) is 5.25 Å². The Labute approximate surface area is 131 Å². The molecular weight excluding hydrogens is 311 g/mol. The van der Waals surface area contributed by atoms with Gasteiger partial charge in [0, 0.05) is 15.3 Å². The highest BCUT2D eigenvalue weighted by Crippen LogP contribution is 2.37. The van der Waals surface area contributed by atoms with Gasteiger partial charge < -0.3 is 4.98 Å². The van der Waals surface area contributed by atoms with E-state index in [2.05, 4.69) is 16.9 Å². The highest BCUT2D eigenvalue weighted by atomic mass is 35.5. The lowest BCUT2D eigenvalue weighted by atomic mass is 10.2. The highest BCUT2D eigenvalue weighted by Gasteiger charge is 2.13. The molecule has 102 valence electrons. The standard InChI is InChI=1S/C15H12Cl2N2S/c1-9(11-4-2-3-5-12(11)17)20-15-18-13-7-6-10(16)8-14(13)19-15/h2-9H,1H3,(H,18,19)/t9-/m0/s1. The number of rotatable bonds is 3. The van der Waals surface area contributed by atoms with E-state index in [1.54, 1.807) is 11.8 Å². The smallest absolute Gasteiger partial charge is 0.166 e. The Bertz CT molecular complexity index is 754. The second kappa shape index (κ2) is 5.68. The predicted octanol–water partition coefficient (Wildman–Crippen LogP) is 5.72. The third-order valence-electron chi connectivity index (χ3n) is 3.05. The van der Waals surface area contributed by atoms with E-state index in [0.717, 1.165) is 26.8 Å².